The van der Waals surface area contributed by atoms with Gasteiger partial charge in [0.25, 0.3) is 5.91 Å². The monoisotopic (exact) mass is 320 g/mol. The summed E-state index contributed by atoms with van der Waals surface area (Å²) in [6, 6.07) is 13.7. The van der Waals surface area contributed by atoms with Gasteiger partial charge >= 0.3 is 0 Å². The average molecular weight is 320 g/mol. The van der Waals surface area contributed by atoms with Crippen LogP contribution < -0.4 is 10.6 Å². The Hall–Kier alpha value is -3.73. The van der Waals surface area contributed by atoms with E-state index in [9.17, 15) is 4.79 Å². The van der Waals surface area contributed by atoms with E-state index in [1.165, 1.54) is 0 Å². The number of amides is 1. The Kier molecular flexibility index (Phi) is 4.16. The summed E-state index contributed by atoms with van der Waals surface area (Å²) in [4.78, 5) is 12.0. The van der Waals surface area contributed by atoms with E-state index in [1.807, 2.05) is 6.07 Å². The predicted molar refractivity (Wildman–Crippen MR) is 85.7 cm³/mol. The highest BCUT2D eigenvalue weighted by atomic mass is 16.5. The Bertz CT molecular complexity index is 894. The molecule has 0 atom stereocenters. The first-order chi connectivity index (χ1) is 11.6. The number of hydrogen-bond donors (Lipinski definition) is 2. The summed E-state index contributed by atoms with van der Waals surface area (Å²) in [5.74, 6) is 0.965. The van der Waals surface area contributed by atoms with E-state index in [1.54, 1.807) is 49.4 Å². The van der Waals surface area contributed by atoms with Gasteiger partial charge < -0.3 is 15.2 Å². The highest BCUT2D eigenvalue weighted by Gasteiger charge is 2.11. The molecule has 1 amide bonds. The number of rotatable bonds is 4. The number of nitrogens with one attached hydrogen (secondary N) is 2. The van der Waals surface area contributed by atoms with Crippen molar-refractivity contribution in [2.45, 2.75) is 6.92 Å². The van der Waals surface area contributed by atoms with Crippen LogP contribution in [0.2, 0.25) is 0 Å². The number of nitriles is 1. The van der Waals surface area contributed by atoms with Gasteiger partial charge in [-0.3, -0.25) is 4.79 Å². The standard InChI is InChI=1S/C16H12N6O2/c1-10-8-15(22-24-10)19-16(23)13-6-7-14(21-20-13)18-12-4-2-11(9-17)3-5-12/h2-8H,1H3,(H,18,21)(H,19,22,23). The van der Waals surface area contributed by atoms with Crippen LogP contribution in [0.15, 0.2) is 47.0 Å². The summed E-state index contributed by atoms with van der Waals surface area (Å²) in [6.45, 7) is 1.73. The fourth-order valence-electron chi connectivity index (χ4n) is 1.90. The molecule has 0 aliphatic carbocycles. The molecule has 8 nitrogen and oxygen atoms in total. The number of carbonyl (C=O) groups is 1. The zero-order chi connectivity index (χ0) is 16.9. The van der Waals surface area contributed by atoms with Crippen LogP contribution >= 0.6 is 0 Å². The Morgan fingerprint density at radius 1 is 1.12 bits per heavy atom. The maximum absolute atomic E-state index is 12.0. The number of nitrogens with zero attached hydrogens (tertiary/aromatic N) is 4. The lowest BCUT2D eigenvalue weighted by atomic mass is 10.2. The second kappa shape index (κ2) is 6.58. The van der Waals surface area contributed by atoms with Gasteiger partial charge in [-0.15, -0.1) is 10.2 Å². The van der Waals surface area contributed by atoms with Crippen molar-refractivity contribution in [2.24, 2.45) is 0 Å². The van der Waals surface area contributed by atoms with Gasteiger partial charge in [-0.05, 0) is 43.3 Å². The van der Waals surface area contributed by atoms with Crippen LogP contribution in [0.5, 0.6) is 0 Å². The average Bonchev–Trinajstić information content (AvgIpc) is 3.01. The Balaban J connectivity index is 1.66. The van der Waals surface area contributed by atoms with Crippen LogP contribution in [0.3, 0.4) is 0 Å². The van der Waals surface area contributed by atoms with Crippen LogP contribution in [-0.4, -0.2) is 21.3 Å². The number of aromatic nitrogens is 3. The van der Waals surface area contributed by atoms with Gasteiger partial charge in [0.2, 0.25) is 0 Å². The molecule has 0 fully saturated rings. The molecule has 0 unspecified atom stereocenters. The van der Waals surface area contributed by atoms with Gasteiger partial charge in [0.05, 0.1) is 11.6 Å². The van der Waals surface area contributed by atoms with Gasteiger partial charge in [0.1, 0.15) is 5.76 Å². The highest BCUT2D eigenvalue weighted by Crippen LogP contribution is 2.15. The molecule has 0 saturated heterocycles. The molecule has 0 bridgehead atoms. The molecule has 2 N–H and O–H groups in total. The number of hydrogen-bond acceptors (Lipinski definition) is 7. The highest BCUT2D eigenvalue weighted by molar-refractivity contribution is 6.02. The molecule has 24 heavy (non-hydrogen) atoms. The maximum atomic E-state index is 12.0. The van der Waals surface area contributed by atoms with Crippen molar-refractivity contribution in [1.29, 1.82) is 5.26 Å². The quantitative estimate of drug-likeness (QED) is 0.758. The number of benzene rings is 1. The van der Waals surface area contributed by atoms with E-state index in [4.69, 9.17) is 9.78 Å². The Morgan fingerprint density at radius 2 is 1.92 bits per heavy atom. The molecule has 2 heterocycles. The third kappa shape index (κ3) is 3.53. The minimum absolute atomic E-state index is 0.154. The molecular weight excluding hydrogens is 308 g/mol. The molecular formula is C16H12N6O2. The van der Waals surface area contributed by atoms with Gasteiger partial charge in [0, 0.05) is 11.8 Å². The van der Waals surface area contributed by atoms with Crippen LogP contribution in [0.1, 0.15) is 21.8 Å². The summed E-state index contributed by atoms with van der Waals surface area (Å²) in [6.07, 6.45) is 0. The van der Waals surface area contributed by atoms with E-state index in [0.29, 0.717) is 23.0 Å². The van der Waals surface area contributed by atoms with E-state index < -0.39 is 5.91 Å². The zero-order valence-corrected chi connectivity index (χ0v) is 12.6. The van der Waals surface area contributed by atoms with Crippen LogP contribution in [0.25, 0.3) is 0 Å². The summed E-state index contributed by atoms with van der Waals surface area (Å²) in [5, 5.41) is 25.9. The summed E-state index contributed by atoms with van der Waals surface area (Å²) >= 11 is 0. The first kappa shape index (κ1) is 15.2. The number of anilines is 3. The van der Waals surface area contributed by atoms with Gasteiger partial charge in [-0.1, -0.05) is 5.16 Å². The van der Waals surface area contributed by atoms with Crippen molar-refractivity contribution in [1.82, 2.24) is 15.4 Å². The SMILES string of the molecule is Cc1cc(NC(=O)c2ccc(Nc3ccc(C#N)cc3)nn2)no1. The normalized spacial score (nSPS) is 10.0. The van der Waals surface area contributed by atoms with E-state index in [2.05, 4.69) is 26.0 Å². The minimum Gasteiger partial charge on any atom is -0.360 e. The summed E-state index contributed by atoms with van der Waals surface area (Å²) in [5.41, 5.74) is 1.49. The van der Waals surface area contributed by atoms with Crippen molar-refractivity contribution < 1.29 is 9.32 Å². The first-order valence-corrected chi connectivity index (χ1v) is 6.99. The fraction of sp³-hybridized carbons (Fsp3) is 0.0625. The van der Waals surface area contributed by atoms with Crippen LogP contribution in [-0.2, 0) is 0 Å². The molecule has 0 spiro atoms. The molecule has 8 heteroatoms. The van der Waals surface area contributed by atoms with Crippen LogP contribution in [0.4, 0.5) is 17.3 Å². The summed E-state index contributed by atoms with van der Waals surface area (Å²) in [7, 11) is 0. The van der Waals surface area contributed by atoms with Crippen LogP contribution in [0, 0.1) is 18.3 Å². The molecule has 0 aliphatic heterocycles. The van der Waals surface area contributed by atoms with Gasteiger partial charge in [-0.25, -0.2) is 0 Å². The number of carbonyl (C=O) groups excluding carboxylic acids is 1. The lowest BCUT2D eigenvalue weighted by Gasteiger charge is -2.05. The fourth-order valence-corrected chi connectivity index (χ4v) is 1.90. The molecule has 118 valence electrons. The van der Waals surface area contributed by atoms with E-state index >= 15 is 0 Å². The van der Waals surface area contributed by atoms with E-state index in [-0.39, 0.29) is 5.69 Å². The topological polar surface area (TPSA) is 117 Å². The molecule has 0 saturated carbocycles. The smallest absolute Gasteiger partial charge is 0.277 e. The lowest BCUT2D eigenvalue weighted by Crippen LogP contribution is -2.14. The van der Waals surface area contributed by atoms with Gasteiger partial charge in [-0.2, -0.15) is 5.26 Å². The van der Waals surface area contributed by atoms with Crippen molar-refractivity contribution >= 4 is 23.2 Å². The molecule has 0 aliphatic rings. The second-order valence-electron chi connectivity index (χ2n) is 4.89. The van der Waals surface area contributed by atoms with Crippen molar-refractivity contribution in [3.63, 3.8) is 0 Å². The first-order valence-electron chi connectivity index (χ1n) is 6.99. The molecule has 0 radical (unpaired) electrons. The molecule has 3 aromatic rings. The number of aryl methyl sites for hydroxylation is 1. The molecule has 1 aromatic carbocycles. The van der Waals surface area contributed by atoms with E-state index in [0.717, 1.165) is 5.69 Å². The molecule has 3 rings (SSSR count). The molecule has 2 aromatic heterocycles. The third-order valence-electron chi connectivity index (χ3n) is 3.05. The largest absolute Gasteiger partial charge is 0.360 e. The predicted octanol–water partition coefficient (Wildman–Crippen LogP) is 2.64. The van der Waals surface area contributed by atoms with Crippen molar-refractivity contribution in [3.8, 4) is 6.07 Å². The Labute approximate surface area is 137 Å². The second-order valence-corrected chi connectivity index (χ2v) is 4.89. The third-order valence-corrected chi connectivity index (χ3v) is 3.05. The lowest BCUT2D eigenvalue weighted by molar-refractivity contribution is 0.102. The minimum atomic E-state index is -0.430. The maximum Gasteiger partial charge on any atom is 0.277 e. The van der Waals surface area contributed by atoms with Crippen molar-refractivity contribution in [2.75, 3.05) is 10.6 Å². The summed E-state index contributed by atoms with van der Waals surface area (Å²) < 4.78 is 4.87. The Morgan fingerprint density at radius 3 is 2.50 bits per heavy atom. The van der Waals surface area contributed by atoms with Gasteiger partial charge in [0.15, 0.2) is 17.3 Å². The van der Waals surface area contributed by atoms with Crippen molar-refractivity contribution in [3.05, 3.63) is 59.5 Å². The zero-order valence-electron chi connectivity index (χ0n) is 12.6.